The van der Waals surface area contributed by atoms with Crippen LogP contribution < -0.4 is 5.32 Å². The van der Waals surface area contributed by atoms with Gasteiger partial charge in [-0.15, -0.1) is 0 Å². The normalized spacial score (nSPS) is 10.7. The Hall–Kier alpha value is -2.95. The Kier molecular flexibility index (Phi) is 3.70. The molecule has 1 amide bonds. The van der Waals surface area contributed by atoms with Crippen LogP contribution >= 0.6 is 0 Å². The third-order valence-electron chi connectivity index (χ3n) is 3.79. The molecule has 0 spiro atoms. The van der Waals surface area contributed by atoms with Gasteiger partial charge in [-0.1, -0.05) is 18.2 Å². The van der Waals surface area contributed by atoms with E-state index in [1.807, 2.05) is 0 Å². The van der Waals surface area contributed by atoms with Gasteiger partial charge in [-0.05, 0) is 37.3 Å². The molecule has 0 aliphatic heterocycles. The molecule has 1 heterocycles. The van der Waals surface area contributed by atoms with Crippen molar-refractivity contribution >= 4 is 28.3 Å². The maximum absolute atomic E-state index is 13.8. The highest BCUT2D eigenvalue weighted by molar-refractivity contribution is 6.07. The smallest absolute Gasteiger partial charge is 0.272 e. The number of aryl methyl sites for hydroxylation is 1. The summed E-state index contributed by atoms with van der Waals surface area (Å²) in [7, 11) is 1.71. The first kappa shape index (κ1) is 15.0. The van der Waals surface area contributed by atoms with Crippen LogP contribution in [0.3, 0.4) is 0 Å². The quantitative estimate of drug-likeness (QED) is 0.749. The van der Waals surface area contributed by atoms with Crippen molar-refractivity contribution in [2.45, 2.75) is 6.92 Å². The molecule has 3 aromatic rings. The lowest BCUT2D eigenvalue weighted by Gasteiger charge is -2.07. The van der Waals surface area contributed by atoms with Gasteiger partial charge >= 0.3 is 0 Å². The maximum Gasteiger partial charge on any atom is 0.272 e. The third-order valence-corrected chi connectivity index (χ3v) is 3.79. The number of aromatic nitrogens is 1. The van der Waals surface area contributed by atoms with E-state index in [0.29, 0.717) is 27.8 Å². The van der Waals surface area contributed by atoms with Crippen molar-refractivity contribution in [2.24, 2.45) is 7.05 Å². The first-order valence-corrected chi connectivity index (χ1v) is 7.13. The van der Waals surface area contributed by atoms with E-state index in [0.717, 1.165) is 0 Å². The van der Waals surface area contributed by atoms with Gasteiger partial charge in [0.2, 0.25) is 0 Å². The minimum absolute atomic E-state index is 0.0761. The lowest BCUT2D eigenvalue weighted by atomic mass is 10.1. The lowest BCUT2D eigenvalue weighted by molar-refractivity contribution is 0.100. The van der Waals surface area contributed by atoms with Gasteiger partial charge in [-0.3, -0.25) is 9.59 Å². The van der Waals surface area contributed by atoms with E-state index in [1.165, 1.54) is 19.1 Å². The maximum atomic E-state index is 13.8. The summed E-state index contributed by atoms with van der Waals surface area (Å²) in [5.74, 6) is -0.799. The molecule has 4 nitrogen and oxygen atoms in total. The average Bonchev–Trinajstić information content (AvgIpc) is 2.86. The average molecular weight is 310 g/mol. The number of carbonyl (C=O) groups is 2. The van der Waals surface area contributed by atoms with E-state index in [9.17, 15) is 14.0 Å². The van der Waals surface area contributed by atoms with Crippen LogP contribution in [0.1, 0.15) is 27.8 Å². The number of rotatable bonds is 3. The predicted octanol–water partition coefficient (Wildman–Crippen LogP) is 3.77. The Labute approximate surface area is 132 Å². The minimum atomic E-state index is -0.365. The molecule has 23 heavy (non-hydrogen) atoms. The first-order chi connectivity index (χ1) is 11.0. The number of Topliss-reactive ketones (excluding diaryl/α,β-unsaturated/α-hetero) is 1. The number of fused-ring (bicyclic) bond motifs is 1. The van der Waals surface area contributed by atoms with Crippen molar-refractivity contribution in [1.82, 2.24) is 4.57 Å². The minimum Gasteiger partial charge on any atom is -0.340 e. The Morgan fingerprint density at radius 3 is 2.52 bits per heavy atom. The van der Waals surface area contributed by atoms with Crippen molar-refractivity contribution in [3.05, 3.63) is 65.6 Å². The second-order valence-electron chi connectivity index (χ2n) is 5.35. The summed E-state index contributed by atoms with van der Waals surface area (Å²) in [6.07, 6.45) is 0. The zero-order valence-corrected chi connectivity index (χ0v) is 12.8. The molecule has 0 saturated heterocycles. The molecule has 0 radical (unpaired) electrons. The fraction of sp³-hybridized carbons (Fsp3) is 0.111. The van der Waals surface area contributed by atoms with Crippen molar-refractivity contribution < 1.29 is 14.0 Å². The summed E-state index contributed by atoms with van der Waals surface area (Å²) in [4.78, 5) is 23.9. The molecule has 5 heteroatoms. The van der Waals surface area contributed by atoms with Crippen LogP contribution in [-0.4, -0.2) is 16.3 Å². The molecule has 0 saturated carbocycles. The summed E-state index contributed by atoms with van der Waals surface area (Å²) >= 11 is 0. The van der Waals surface area contributed by atoms with Crippen molar-refractivity contribution in [1.29, 1.82) is 0 Å². The zero-order chi connectivity index (χ0) is 16.6. The number of carbonyl (C=O) groups excluding carboxylic acids is 2. The highest BCUT2D eigenvalue weighted by Gasteiger charge is 2.15. The van der Waals surface area contributed by atoms with Crippen LogP contribution in [0.2, 0.25) is 0 Å². The van der Waals surface area contributed by atoms with Crippen LogP contribution in [0, 0.1) is 5.82 Å². The van der Waals surface area contributed by atoms with Gasteiger partial charge in [0.25, 0.3) is 5.91 Å². The van der Waals surface area contributed by atoms with E-state index >= 15 is 0 Å². The van der Waals surface area contributed by atoms with Gasteiger partial charge < -0.3 is 9.88 Å². The van der Waals surface area contributed by atoms with Crippen LogP contribution in [0.25, 0.3) is 10.9 Å². The molecule has 116 valence electrons. The summed E-state index contributed by atoms with van der Waals surface area (Å²) in [6.45, 7) is 1.47. The van der Waals surface area contributed by atoms with Gasteiger partial charge in [0.15, 0.2) is 5.78 Å². The van der Waals surface area contributed by atoms with Gasteiger partial charge in [0, 0.05) is 23.7 Å². The van der Waals surface area contributed by atoms with E-state index in [-0.39, 0.29) is 17.5 Å². The summed E-state index contributed by atoms with van der Waals surface area (Å²) in [5.41, 5.74) is 2.03. The largest absolute Gasteiger partial charge is 0.340 e. The second kappa shape index (κ2) is 5.68. The van der Waals surface area contributed by atoms with E-state index in [4.69, 9.17) is 0 Å². The number of ketones is 1. The molecule has 2 aromatic carbocycles. The molecule has 1 aromatic heterocycles. The van der Waals surface area contributed by atoms with Crippen LogP contribution in [-0.2, 0) is 7.05 Å². The molecule has 0 aliphatic carbocycles. The number of hydrogen-bond donors (Lipinski definition) is 1. The van der Waals surface area contributed by atoms with Gasteiger partial charge in [-0.2, -0.15) is 0 Å². The monoisotopic (exact) mass is 310 g/mol. The molecule has 0 aliphatic rings. The summed E-state index contributed by atoms with van der Waals surface area (Å²) in [5, 5.41) is 3.14. The van der Waals surface area contributed by atoms with Crippen LogP contribution in [0.4, 0.5) is 10.1 Å². The SMILES string of the molecule is CC(=O)c1cccc(NC(=O)c2cc3c(F)cccc3n2C)c1. The lowest BCUT2D eigenvalue weighted by Crippen LogP contribution is -2.15. The molecule has 0 unspecified atom stereocenters. The number of nitrogens with zero attached hydrogens (tertiary/aromatic N) is 1. The summed E-state index contributed by atoms with van der Waals surface area (Å²) < 4.78 is 15.5. The fourth-order valence-corrected chi connectivity index (χ4v) is 2.55. The zero-order valence-electron chi connectivity index (χ0n) is 12.8. The highest BCUT2D eigenvalue weighted by atomic mass is 19.1. The molecule has 0 fully saturated rings. The first-order valence-electron chi connectivity index (χ1n) is 7.13. The van der Waals surface area contributed by atoms with Crippen molar-refractivity contribution in [2.75, 3.05) is 5.32 Å². The van der Waals surface area contributed by atoms with E-state index in [1.54, 1.807) is 48.0 Å². The Bertz CT molecular complexity index is 928. The predicted molar refractivity (Wildman–Crippen MR) is 87.3 cm³/mol. The summed E-state index contributed by atoms with van der Waals surface area (Å²) in [6, 6.07) is 12.9. The third kappa shape index (κ3) is 2.73. The van der Waals surface area contributed by atoms with Crippen LogP contribution in [0.5, 0.6) is 0 Å². The molecule has 0 atom stereocenters. The number of hydrogen-bond acceptors (Lipinski definition) is 2. The van der Waals surface area contributed by atoms with E-state index < -0.39 is 0 Å². The topological polar surface area (TPSA) is 51.1 Å². The number of anilines is 1. The highest BCUT2D eigenvalue weighted by Crippen LogP contribution is 2.22. The Morgan fingerprint density at radius 2 is 1.83 bits per heavy atom. The Morgan fingerprint density at radius 1 is 1.09 bits per heavy atom. The number of nitrogens with one attached hydrogen (secondary N) is 1. The number of benzene rings is 2. The van der Waals surface area contributed by atoms with Gasteiger partial charge in [0.1, 0.15) is 11.5 Å². The van der Waals surface area contributed by atoms with E-state index in [2.05, 4.69) is 5.32 Å². The Balaban J connectivity index is 1.95. The van der Waals surface area contributed by atoms with Gasteiger partial charge in [-0.25, -0.2) is 4.39 Å². The fourth-order valence-electron chi connectivity index (χ4n) is 2.55. The van der Waals surface area contributed by atoms with Crippen LogP contribution in [0.15, 0.2) is 48.5 Å². The number of amides is 1. The molecular weight excluding hydrogens is 295 g/mol. The van der Waals surface area contributed by atoms with Crippen molar-refractivity contribution in [3.8, 4) is 0 Å². The molecular formula is C18H15FN2O2. The van der Waals surface area contributed by atoms with Gasteiger partial charge in [0.05, 0.1) is 5.52 Å². The van der Waals surface area contributed by atoms with Crippen molar-refractivity contribution in [3.63, 3.8) is 0 Å². The number of halogens is 1. The molecule has 0 bridgehead atoms. The molecule has 1 N–H and O–H groups in total. The standard InChI is InChI=1S/C18H15FN2O2/c1-11(22)12-5-3-6-13(9-12)20-18(23)17-10-14-15(19)7-4-8-16(14)21(17)2/h3-10H,1-2H3,(H,20,23). The molecule has 3 rings (SSSR count). The second-order valence-corrected chi connectivity index (χ2v) is 5.35.